The Morgan fingerprint density at radius 2 is 2.31 bits per heavy atom. The van der Waals surface area contributed by atoms with Crippen LogP contribution in [0.15, 0.2) is 12.2 Å². The summed E-state index contributed by atoms with van der Waals surface area (Å²) in [6.07, 6.45) is 0.904. The molecular weight excluding hydrogens is 170 g/mol. The van der Waals surface area contributed by atoms with Crippen molar-refractivity contribution in [1.82, 2.24) is 5.32 Å². The quantitative estimate of drug-likeness (QED) is 0.574. The molecule has 0 radical (unpaired) electrons. The summed E-state index contributed by atoms with van der Waals surface area (Å²) in [7, 11) is 1.62. The molecule has 4 heteroatoms. The van der Waals surface area contributed by atoms with Gasteiger partial charge >= 0.3 is 5.97 Å². The first-order valence-corrected chi connectivity index (χ1v) is 4.25. The molecule has 0 fully saturated rings. The third-order valence-corrected chi connectivity index (χ3v) is 1.77. The van der Waals surface area contributed by atoms with Crippen LogP contribution in [0.1, 0.15) is 13.3 Å². The summed E-state index contributed by atoms with van der Waals surface area (Å²) in [6.45, 7) is 6.32. The molecule has 0 aliphatic heterocycles. The summed E-state index contributed by atoms with van der Waals surface area (Å²) >= 11 is 0. The molecule has 0 rings (SSSR count). The lowest BCUT2D eigenvalue weighted by Gasteiger charge is -2.15. The number of hydrogen-bond donors (Lipinski definition) is 2. The van der Waals surface area contributed by atoms with Gasteiger partial charge in [0.2, 0.25) is 0 Å². The largest absolute Gasteiger partial charge is 0.478 e. The smallest absolute Gasteiger partial charge is 0.332 e. The van der Waals surface area contributed by atoms with Crippen LogP contribution >= 0.6 is 0 Å². The van der Waals surface area contributed by atoms with Crippen LogP contribution in [0.5, 0.6) is 0 Å². The fourth-order valence-corrected chi connectivity index (χ4v) is 0.865. The number of hydrogen-bond acceptors (Lipinski definition) is 3. The summed E-state index contributed by atoms with van der Waals surface area (Å²) in [5, 5.41) is 11.6. The standard InChI is InChI=1S/C9H17NO3/c1-4-8(6-13-3)10-5-7(2)9(11)12/h8,10H,2,4-6H2,1,3H3,(H,11,12). The lowest BCUT2D eigenvalue weighted by atomic mass is 10.2. The van der Waals surface area contributed by atoms with Crippen molar-refractivity contribution in [3.05, 3.63) is 12.2 Å². The number of nitrogens with one attached hydrogen (secondary N) is 1. The van der Waals surface area contributed by atoms with Crippen molar-refractivity contribution in [3.63, 3.8) is 0 Å². The Hall–Kier alpha value is -0.870. The van der Waals surface area contributed by atoms with Gasteiger partial charge in [-0.1, -0.05) is 13.5 Å². The molecule has 0 saturated carbocycles. The Morgan fingerprint density at radius 1 is 1.69 bits per heavy atom. The lowest BCUT2D eigenvalue weighted by molar-refractivity contribution is -0.132. The van der Waals surface area contributed by atoms with Gasteiger partial charge in [-0.2, -0.15) is 0 Å². The second-order valence-electron chi connectivity index (χ2n) is 2.85. The van der Waals surface area contributed by atoms with Gasteiger partial charge in [0.05, 0.1) is 6.61 Å². The highest BCUT2D eigenvalue weighted by atomic mass is 16.5. The third kappa shape index (κ3) is 5.38. The van der Waals surface area contributed by atoms with Crippen molar-refractivity contribution in [2.24, 2.45) is 0 Å². The van der Waals surface area contributed by atoms with Crippen LogP contribution in [0.25, 0.3) is 0 Å². The van der Waals surface area contributed by atoms with Crippen molar-refractivity contribution < 1.29 is 14.6 Å². The van der Waals surface area contributed by atoms with Gasteiger partial charge in [-0.3, -0.25) is 0 Å². The molecule has 0 aromatic rings. The molecule has 0 amide bonds. The first kappa shape index (κ1) is 12.1. The molecule has 0 aromatic carbocycles. The highest BCUT2D eigenvalue weighted by Gasteiger charge is 2.08. The summed E-state index contributed by atoms with van der Waals surface area (Å²) < 4.78 is 4.95. The average Bonchev–Trinajstić information content (AvgIpc) is 2.11. The van der Waals surface area contributed by atoms with E-state index in [-0.39, 0.29) is 11.6 Å². The monoisotopic (exact) mass is 187 g/mol. The van der Waals surface area contributed by atoms with Crippen molar-refractivity contribution >= 4 is 5.97 Å². The van der Waals surface area contributed by atoms with E-state index in [4.69, 9.17) is 9.84 Å². The van der Waals surface area contributed by atoms with Crippen LogP contribution in [-0.4, -0.2) is 37.4 Å². The molecule has 0 aliphatic carbocycles. The van der Waals surface area contributed by atoms with E-state index in [1.807, 2.05) is 6.92 Å². The van der Waals surface area contributed by atoms with Gasteiger partial charge in [-0.05, 0) is 6.42 Å². The summed E-state index contributed by atoms with van der Waals surface area (Å²) in [5.74, 6) is -0.959. The van der Waals surface area contributed by atoms with E-state index in [0.29, 0.717) is 13.2 Å². The van der Waals surface area contributed by atoms with Crippen molar-refractivity contribution in [2.45, 2.75) is 19.4 Å². The number of aliphatic carboxylic acids is 1. The molecule has 13 heavy (non-hydrogen) atoms. The first-order chi connectivity index (χ1) is 6.11. The first-order valence-electron chi connectivity index (χ1n) is 4.25. The fourth-order valence-electron chi connectivity index (χ4n) is 0.865. The molecule has 0 heterocycles. The SMILES string of the molecule is C=C(CNC(CC)COC)C(=O)O. The minimum atomic E-state index is -0.959. The number of carboxylic acids is 1. The normalized spacial score (nSPS) is 12.5. The van der Waals surface area contributed by atoms with Crippen LogP contribution in [0.3, 0.4) is 0 Å². The van der Waals surface area contributed by atoms with Crippen LogP contribution in [0, 0.1) is 0 Å². The molecule has 4 nitrogen and oxygen atoms in total. The van der Waals surface area contributed by atoms with Crippen molar-refractivity contribution in [1.29, 1.82) is 0 Å². The van der Waals surface area contributed by atoms with Crippen molar-refractivity contribution in [2.75, 3.05) is 20.3 Å². The molecule has 76 valence electrons. The Balaban J connectivity index is 3.71. The number of ether oxygens (including phenoxy) is 1. The second kappa shape index (κ2) is 6.62. The maximum Gasteiger partial charge on any atom is 0.332 e. The van der Waals surface area contributed by atoms with Gasteiger partial charge in [-0.15, -0.1) is 0 Å². The van der Waals surface area contributed by atoms with E-state index >= 15 is 0 Å². The molecule has 0 spiro atoms. The van der Waals surface area contributed by atoms with E-state index in [2.05, 4.69) is 11.9 Å². The molecule has 1 unspecified atom stereocenters. The second-order valence-corrected chi connectivity index (χ2v) is 2.85. The Kier molecular flexibility index (Phi) is 6.18. The zero-order valence-electron chi connectivity index (χ0n) is 8.17. The molecule has 1 atom stereocenters. The maximum atomic E-state index is 10.4. The molecule has 0 saturated heterocycles. The molecule has 0 aliphatic rings. The van der Waals surface area contributed by atoms with Gasteiger partial charge in [0, 0.05) is 25.3 Å². The van der Waals surface area contributed by atoms with Crippen LogP contribution in [0.4, 0.5) is 0 Å². The van der Waals surface area contributed by atoms with Gasteiger partial charge in [0.25, 0.3) is 0 Å². The van der Waals surface area contributed by atoms with Gasteiger partial charge in [0.1, 0.15) is 0 Å². The van der Waals surface area contributed by atoms with Crippen LogP contribution < -0.4 is 5.32 Å². The van der Waals surface area contributed by atoms with Gasteiger partial charge in [-0.25, -0.2) is 4.79 Å². The average molecular weight is 187 g/mol. The van der Waals surface area contributed by atoms with Crippen molar-refractivity contribution in [3.8, 4) is 0 Å². The zero-order valence-corrected chi connectivity index (χ0v) is 8.17. The lowest BCUT2D eigenvalue weighted by Crippen LogP contribution is -2.34. The van der Waals surface area contributed by atoms with E-state index in [1.165, 1.54) is 0 Å². The summed E-state index contributed by atoms with van der Waals surface area (Å²) in [4.78, 5) is 10.4. The van der Waals surface area contributed by atoms with E-state index in [9.17, 15) is 4.79 Å². The third-order valence-electron chi connectivity index (χ3n) is 1.77. The van der Waals surface area contributed by atoms with E-state index < -0.39 is 5.97 Å². The van der Waals surface area contributed by atoms with E-state index in [1.54, 1.807) is 7.11 Å². The fraction of sp³-hybridized carbons (Fsp3) is 0.667. The summed E-state index contributed by atoms with van der Waals surface area (Å²) in [6, 6.07) is 0.195. The number of methoxy groups -OCH3 is 1. The van der Waals surface area contributed by atoms with Crippen LogP contribution in [-0.2, 0) is 9.53 Å². The van der Waals surface area contributed by atoms with E-state index in [0.717, 1.165) is 6.42 Å². The van der Waals surface area contributed by atoms with Gasteiger partial charge < -0.3 is 15.2 Å². The zero-order chi connectivity index (χ0) is 10.3. The highest BCUT2D eigenvalue weighted by Crippen LogP contribution is 1.94. The molecular formula is C9H17NO3. The predicted molar refractivity (Wildman–Crippen MR) is 50.7 cm³/mol. The summed E-state index contributed by atoms with van der Waals surface area (Å²) in [5.41, 5.74) is 0.176. The minimum absolute atomic E-state index is 0.176. The Morgan fingerprint density at radius 3 is 2.69 bits per heavy atom. The number of carboxylic acid groups (broad SMARTS) is 1. The van der Waals surface area contributed by atoms with Gasteiger partial charge in [0.15, 0.2) is 0 Å². The minimum Gasteiger partial charge on any atom is -0.478 e. The molecule has 0 aromatic heterocycles. The predicted octanol–water partition coefficient (Wildman–Crippen LogP) is 0.642. The topological polar surface area (TPSA) is 58.6 Å². The Labute approximate surface area is 78.6 Å². The number of rotatable bonds is 7. The number of carbonyl (C=O) groups is 1. The van der Waals surface area contributed by atoms with Crippen LogP contribution in [0.2, 0.25) is 0 Å². The highest BCUT2D eigenvalue weighted by molar-refractivity contribution is 5.86. The molecule has 0 bridgehead atoms. The molecule has 2 N–H and O–H groups in total. The maximum absolute atomic E-state index is 10.4. The Bertz CT molecular complexity index is 180.